The minimum absolute atomic E-state index is 0.507. The van der Waals surface area contributed by atoms with Crippen LogP contribution in [0.15, 0.2) is 0 Å². The maximum absolute atomic E-state index is 4.81. The highest BCUT2D eigenvalue weighted by Gasteiger charge is 1.92. The average molecular weight is 162 g/mol. The largest absolute Gasteiger partial charge is 0.377 e. The lowest BCUT2D eigenvalue weighted by atomic mass is 10.7. The van der Waals surface area contributed by atoms with Crippen molar-refractivity contribution in [1.29, 1.82) is 0 Å². The third kappa shape index (κ3) is 1.85. The van der Waals surface area contributed by atoms with Crippen LogP contribution in [0.25, 0.3) is 0 Å². The third-order valence-corrected chi connectivity index (χ3v) is 1.71. The first-order valence-corrected chi connectivity index (χ1v) is 3.58. The number of hydrogen-bond acceptors (Lipinski definition) is 4. The van der Waals surface area contributed by atoms with E-state index in [9.17, 15) is 0 Å². The molecule has 50 valence electrons. The van der Waals surface area contributed by atoms with Crippen LogP contribution in [-0.2, 0) is 11.3 Å². The molecule has 3 nitrogen and oxygen atoms in total. The van der Waals surface area contributed by atoms with Crippen LogP contribution < -0.4 is 0 Å². The van der Waals surface area contributed by atoms with Crippen molar-refractivity contribution in [3.8, 4) is 0 Å². The Labute approximate surface area is 61.9 Å². The maximum Gasteiger partial charge on any atom is 0.198 e. The fourth-order valence-corrected chi connectivity index (χ4v) is 1.16. The van der Waals surface area contributed by atoms with E-state index < -0.39 is 0 Å². The molecule has 0 aliphatic rings. The molecule has 1 rings (SSSR count). The number of nitrogens with one attached hydrogen (secondary N) is 1. The summed E-state index contributed by atoms with van der Waals surface area (Å²) in [6.07, 6.45) is 0. The molecule has 1 N–H and O–H groups in total. The van der Waals surface area contributed by atoms with Crippen molar-refractivity contribution in [1.82, 2.24) is 9.36 Å². The highest BCUT2D eigenvalue weighted by Crippen LogP contribution is 1.97. The van der Waals surface area contributed by atoms with Crippen LogP contribution in [0.2, 0.25) is 0 Å². The van der Waals surface area contributed by atoms with Crippen molar-refractivity contribution in [2.24, 2.45) is 0 Å². The van der Waals surface area contributed by atoms with Gasteiger partial charge in [-0.25, -0.2) is 4.98 Å². The van der Waals surface area contributed by atoms with E-state index in [1.54, 1.807) is 7.11 Å². The Kier molecular flexibility index (Phi) is 2.32. The molecule has 0 atom stereocenters. The van der Waals surface area contributed by atoms with Crippen LogP contribution in [0.5, 0.6) is 0 Å². The van der Waals surface area contributed by atoms with Crippen molar-refractivity contribution in [2.75, 3.05) is 7.11 Å². The van der Waals surface area contributed by atoms with Gasteiger partial charge in [0, 0.05) is 7.11 Å². The molecule has 9 heavy (non-hydrogen) atoms. The Hall–Kier alpha value is -0.260. The summed E-state index contributed by atoms with van der Waals surface area (Å²) >= 11 is 6.11. The Bertz CT molecular complexity index is 228. The van der Waals surface area contributed by atoms with Crippen molar-refractivity contribution in [2.45, 2.75) is 6.61 Å². The fraction of sp³-hybridized carbons (Fsp3) is 0.500. The molecular formula is C4H6N2OS2. The van der Waals surface area contributed by atoms with Gasteiger partial charge in [0.1, 0.15) is 12.4 Å². The maximum atomic E-state index is 4.81. The van der Waals surface area contributed by atoms with E-state index in [4.69, 9.17) is 17.0 Å². The molecule has 0 saturated heterocycles. The number of nitrogens with zero attached hydrogens (tertiary/aromatic N) is 1. The van der Waals surface area contributed by atoms with Gasteiger partial charge in [0.25, 0.3) is 0 Å². The number of aromatic amines is 1. The van der Waals surface area contributed by atoms with Gasteiger partial charge in [0.2, 0.25) is 0 Å². The average Bonchev–Trinajstić information content (AvgIpc) is 2.17. The number of rotatable bonds is 2. The summed E-state index contributed by atoms with van der Waals surface area (Å²) in [5.74, 6) is 0.799. The quantitative estimate of drug-likeness (QED) is 0.667. The molecule has 0 amide bonds. The lowest BCUT2D eigenvalue weighted by Gasteiger charge is -1.87. The zero-order valence-corrected chi connectivity index (χ0v) is 6.51. The van der Waals surface area contributed by atoms with Crippen LogP contribution in [0.3, 0.4) is 0 Å². The molecule has 0 unspecified atom stereocenters. The molecule has 0 aromatic carbocycles. The Balaban J connectivity index is 2.73. The summed E-state index contributed by atoms with van der Waals surface area (Å²) in [6, 6.07) is 0. The highest BCUT2D eigenvalue weighted by molar-refractivity contribution is 7.73. The van der Waals surface area contributed by atoms with E-state index >= 15 is 0 Å². The summed E-state index contributed by atoms with van der Waals surface area (Å²) in [5.41, 5.74) is 0. The minimum Gasteiger partial charge on any atom is -0.377 e. The number of H-pyrrole nitrogens is 1. The van der Waals surface area contributed by atoms with Gasteiger partial charge < -0.3 is 4.74 Å². The van der Waals surface area contributed by atoms with Crippen LogP contribution in [0.4, 0.5) is 0 Å². The summed E-state index contributed by atoms with van der Waals surface area (Å²) in [6.45, 7) is 0.507. The first-order chi connectivity index (χ1) is 4.33. The molecule has 0 aliphatic heterocycles. The highest BCUT2D eigenvalue weighted by atomic mass is 32.2. The van der Waals surface area contributed by atoms with Crippen molar-refractivity contribution >= 4 is 23.8 Å². The van der Waals surface area contributed by atoms with Crippen LogP contribution in [-0.4, -0.2) is 16.5 Å². The second kappa shape index (κ2) is 3.05. The standard InChI is InChI=1S/C4H6N2OS2/c1-7-2-3-5-4(8)9-6-3/h2H2,1H3,(H,5,6,8). The predicted molar refractivity (Wildman–Crippen MR) is 38.0 cm³/mol. The number of aromatic nitrogens is 2. The zero-order chi connectivity index (χ0) is 6.69. The van der Waals surface area contributed by atoms with Gasteiger partial charge in [-0.05, 0) is 23.8 Å². The van der Waals surface area contributed by atoms with Crippen LogP contribution in [0.1, 0.15) is 5.82 Å². The molecule has 0 bridgehead atoms. The summed E-state index contributed by atoms with van der Waals surface area (Å²) in [5, 5.41) is 0. The Morgan fingerprint density at radius 1 is 1.89 bits per heavy atom. The SMILES string of the molecule is COCc1nc(=S)s[nH]1. The predicted octanol–water partition coefficient (Wildman–Crippen LogP) is 1.35. The van der Waals surface area contributed by atoms with Crippen LogP contribution >= 0.6 is 23.8 Å². The molecule has 0 spiro atoms. The number of methoxy groups -OCH3 is 1. The molecule has 0 saturated carbocycles. The second-order valence-corrected chi connectivity index (χ2v) is 2.90. The van der Waals surface area contributed by atoms with Gasteiger partial charge in [-0.1, -0.05) is 0 Å². The van der Waals surface area contributed by atoms with E-state index in [-0.39, 0.29) is 0 Å². The van der Waals surface area contributed by atoms with Gasteiger partial charge in [0.05, 0.1) is 0 Å². The summed E-state index contributed by atoms with van der Waals surface area (Å²) in [4.78, 5) is 3.95. The minimum atomic E-state index is 0.507. The second-order valence-electron chi connectivity index (χ2n) is 1.46. The summed E-state index contributed by atoms with van der Waals surface area (Å²) in [7, 11) is 1.62. The molecule has 0 radical (unpaired) electrons. The molecular weight excluding hydrogens is 156 g/mol. The lowest BCUT2D eigenvalue weighted by molar-refractivity contribution is 0.179. The Morgan fingerprint density at radius 3 is 3.11 bits per heavy atom. The first-order valence-electron chi connectivity index (χ1n) is 2.36. The van der Waals surface area contributed by atoms with Gasteiger partial charge >= 0.3 is 0 Å². The summed E-state index contributed by atoms with van der Waals surface area (Å²) < 4.78 is 8.34. The molecule has 1 aromatic rings. The smallest absolute Gasteiger partial charge is 0.198 e. The molecule has 0 fully saturated rings. The van der Waals surface area contributed by atoms with Crippen molar-refractivity contribution in [3.05, 3.63) is 9.78 Å². The Morgan fingerprint density at radius 2 is 2.67 bits per heavy atom. The number of ether oxygens (including phenoxy) is 1. The monoisotopic (exact) mass is 162 g/mol. The number of hydrogen-bond donors (Lipinski definition) is 1. The normalized spacial score (nSPS) is 9.89. The topological polar surface area (TPSA) is 37.9 Å². The van der Waals surface area contributed by atoms with Gasteiger partial charge in [-0.15, -0.1) is 0 Å². The lowest BCUT2D eigenvalue weighted by Crippen LogP contribution is -1.88. The van der Waals surface area contributed by atoms with E-state index in [1.807, 2.05) is 0 Å². The van der Waals surface area contributed by atoms with Gasteiger partial charge in [-0.2, -0.15) is 0 Å². The first kappa shape index (κ1) is 6.85. The molecule has 1 aromatic heterocycles. The third-order valence-electron chi connectivity index (χ3n) is 0.763. The van der Waals surface area contributed by atoms with Crippen LogP contribution in [0, 0.1) is 3.95 Å². The zero-order valence-electron chi connectivity index (χ0n) is 4.88. The van der Waals surface area contributed by atoms with E-state index in [0.29, 0.717) is 10.6 Å². The van der Waals surface area contributed by atoms with E-state index in [2.05, 4.69) is 9.36 Å². The molecule has 0 aliphatic carbocycles. The van der Waals surface area contributed by atoms with E-state index in [0.717, 1.165) is 5.82 Å². The van der Waals surface area contributed by atoms with Crippen molar-refractivity contribution < 1.29 is 4.74 Å². The van der Waals surface area contributed by atoms with Gasteiger partial charge in [0.15, 0.2) is 3.95 Å². The molecule has 1 heterocycles. The van der Waals surface area contributed by atoms with E-state index in [1.165, 1.54) is 11.5 Å². The molecule has 5 heteroatoms. The van der Waals surface area contributed by atoms with Crippen molar-refractivity contribution in [3.63, 3.8) is 0 Å². The van der Waals surface area contributed by atoms with Gasteiger partial charge in [-0.3, -0.25) is 4.37 Å². The fourth-order valence-electron chi connectivity index (χ4n) is 0.457.